The summed E-state index contributed by atoms with van der Waals surface area (Å²) in [6.45, 7) is 3.10. The number of nitrogens with one attached hydrogen (secondary N) is 1. The van der Waals surface area contributed by atoms with Crippen molar-refractivity contribution in [2.45, 2.75) is 32.1 Å². The smallest absolute Gasteiger partial charge is 0.171 e. The fourth-order valence-electron chi connectivity index (χ4n) is 1.96. The largest absolute Gasteiger partial charge is 0.370 e. The van der Waals surface area contributed by atoms with Gasteiger partial charge in [-0.2, -0.15) is 0 Å². The topological polar surface area (TPSA) is 37.8 Å². The molecular formula is C14H15Br2N3S. The number of anilines is 1. The first-order valence-corrected chi connectivity index (χ1v) is 9.15. The molecule has 1 fully saturated rings. The number of thiophene rings is 1. The van der Waals surface area contributed by atoms with Crippen LogP contribution in [-0.4, -0.2) is 16.5 Å². The maximum Gasteiger partial charge on any atom is 0.171 e. The van der Waals surface area contributed by atoms with Crippen LogP contribution in [0.15, 0.2) is 20.4 Å². The zero-order valence-electron chi connectivity index (χ0n) is 11.1. The normalized spacial score (nSPS) is 14.6. The molecule has 6 heteroatoms. The monoisotopic (exact) mass is 415 g/mol. The van der Waals surface area contributed by atoms with Crippen molar-refractivity contribution >= 4 is 49.0 Å². The molecule has 0 spiro atoms. The Balaban J connectivity index is 1.97. The summed E-state index contributed by atoms with van der Waals surface area (Å²) in [6.07, 6.45) is 3.59. The second kappa shape index (κ2) is 6.12. The molecule has 0 radical (unpaired) electrons. The molecule has 0 amide bonds. The molecule has 2 heterocycles. The third kappa shape index (κ3) is 3.23. The quantitative estimate of drug-likeness (QED) is 0.705. The molecule has 1 aliphatic carbocycles. The van der Waals surface area contributed by atoms with Crippen molar-refractivity contribution in [2.24, 2.45) is 0 Å². The summed E-state index contributed by atoms with van der Waals surface area (Å²) in [7, 11) is 0. The van der Waals surface area contributed by atoms with Gasteiger partial charge >= 0.3 is 0 Å². The number of hydrogen-bond donors (Lipinski definition) is 1. The average Bonchev–Trinajstić information content (AvgIpc) is 3.23. The Morgan fingerprint density at radius 3 is 2.70 bits per heavy atom. The van der Waals surface area contributed by atoms with Gasteiger partial charge in [0.05, 0.1) is 8.66 Å². The van der Waals surface area contributed by atoms with Gasteiger partial charge < -0.3 is 5.32 Å². The molecule has 0 bridgehead atoms. The van der Waals surface area contributed by atoms with Gasteiger partial charge in [-0.15, -0.1) is 11.3 Å². The molecule has 3 nitrogen and oxygen atoms in total. The van der Waals surface area contributed by atoms with E-state index >= 15 is 0 Å². The lowest BCUT2D eigenvalue weighted by Crippen LogP contribution is -2.05. The summed E-state index contributed by atoms with van der Waals surface area (Å²) in [6, 6.07) is 4.18. The molecule has 2 aromatic rings. The van der Waals surface area contributed by atoms with Crippen LogP contribution in [0.1, 0.15) is 37.8 Å². The van der Waals surface area contributed by atoms with Gasteiger partial charge in [0.1, 0.15) is 5.82 Å². The minimum atomic E-state index is 0.630. The molecule has 2 aromatic heterocycles. The molecule has 0 atom stereocenters. The van der Waals surface area contributed by atoms with Gasteiger partial charge in [0.25, 0.3) is 0 Å². The minimum Gasteiger partial charge on any atom is -0.370 e. The van der Waals surface area contributed by atoms with E-state index in [1.807, 2.05) is 0 Å². The second-order valence-corrected chi connectivity index (χ2v) is 8.16. The average molecular weight is 417 g/mol. The van der Waals surface area contributed by atoms with Gasteiger partial charge in [0.15, 0.2) is 5.82 Å². The van der Waals surface area contributed by atoms with E-state index in [0.29, 0.717) is 5.92 Å². The Labute approximate surface area is 139 Å². The van der Waals surface area contributed by atoms with Crippen molar-refractivity contribution in [2.75, 3.05) is 11.9 Å². The summed E-state index contributed by atoms with van der Waals surface area (Å²) in [5.41, 5.74) is 1.18. The fraction of sp³-hybridized carbons (Fsp3) is 0.429. The Morgan fingerprint density at radius 2 is 2.10 bits per heavy atom. The van der Waals surface area contributed by atoms with Crippen molar-refractivity contribution in [3.05, 3.63) is 26.1 Å². The van der Waals surface area contributed by atoms with Crippen molar-refractivity contribution in [1.82, 2.24) is 9.97 Å². The van der Waals surface area contributed by atoms with Gasteiger partial charge in [0, 0.05) is 28.7 Å². The summed E-state index contributed by atoms with van der Waals surface area (Å²) < 4.78 is 2.14. The molecule has 3 rings (SSSR count). The van der Waals surface area contributed by atoms with Crippen LogP contribution in [0.4, 0.5) is 5.82 Å². The predicted molar refractivity (Wildman–Crippen MR) is 91.5 cm³/mol. The number of aromatic nitrogens is 2. The lowest BCUT2D eigenvalue weighted by Gasteiger charge is -2.08. The molecular weight excluding hydrogens is 402 g/mol. The van der Waals surface area contributed by atoms with Crippen LogP contribution in [0.3, 0.4) is 0 Å². The van der Waals surface area contributed by atoms with Crippen LogP contribution in [-0.2, 0) is 0 Å². The molecule has 0 aliphatic heterocycles. The Kier molecular flexibility index (Phi) is 4.43. The Bertz CT molecular complexity index is 603. The predicted octanol–water partition coefficient (Wildman–Crippen LogP) is 5.43. The van der Waals surface area contributed by atoms with Crippen molar-refractivity contribution in [1.29, 1.82) is 0 Å². The van der Waals surface area contributed by atoms with E-state index in [-0.39, 0.29) is 0 Å². The van der Waals surface area contributed by atoms with E-state index in [4.69, 9.17) is 4.98 Å². The van der Waals surface area contributed by atoms with Gasteiger partial charge in [-0.05, 0) is 57.2 Å². The highest BCUT2D eigenvalue weighted by molar-refractivity contribution is 9.13. The van der Waals surface area contributed by atoms with Crippen LogP contribution >= 0.6 is 43.2 Å². The summed E-state index contributed by atoms with van der Waals surface area (Å²) in [4.78, 5) is 10.5. The first kappa shape index (κ1) is 14.5. The zero-order chi connectivity index (χ0) is 14.1. The zero-order valence-corrected chi connectivity index (χ0v) is 15.1. The Hall–Kier alpha value is -0.460. The van der Waals surface area contributed by atoms with Crippen molar-refractivity contribution < 1.29 is 0 Å². The molecule has 0 unspecified atom stereocenters. The first-order valence-electron chi connectivity index (χ1n) is 6.75. The standard InChI is InChI=1S/C14H15Br2N3S/c1-2-5-17-12-7-10(8-3-4-8)18-14(19-12)11-6-9(15)13(16)20-11/h6-8H,2-5H2,1H3,(H,17,18,19). The highest BCUT2D eigenvalue weighted by atomic mass is 79.9. The van der Waals surface area contributed by atoms with E-state index in [0.717, 1.165) is 37.7 Å². The van der Waals surface area contributed by atoms with Gasteiger partial charge in [0.2, 0.25) is 0 Å². The SMILES string of the molecule is CCCNc1cc(C2CC2)nc(-c2cc(Br)c(Br)s2)n1. The van der Waals surface area contributed by atoms with E-state index < -0.39 is 0 Å². The van der Waals surface area contributed by atoms with Crippen LogP contribution in [0.25, 0.3) is 10.7 Å². The van der Waals surface area contributed by atoms with Crippen LogP contribution in [0.2, 0.25) is 0 Å². The van der Waals surface area contributed by atoms with Crippen molar-refractivity contribution in [3.63, 3.8) is 0 Å². The minimum absolute atomic E-state index is 0.630. The molecule has 1 N–H and O–H groups in total. The summed E-state index contributed by atoms with van der Waals surface area (Å²) in [5.74, 6) is 2.40. The van der Waals surface area contributed by atoms with E-state index in [9.17, 15) is 0 Å². The summed E-state index contributed by atoms with van der Waals surface area (Å²) >= 11 is 8.72. The maximum atomic E-state index is 4.75. The maximum absolute atomic E-state index is 4.75. The molecule has 1 saturated carbocycles. The molecule has 0 aromatic carbocycles. The van der Waals surface area contributed by atoms with E-state index in [1.165, 1.54) is 18.5 Å². The van der Waals surface area contributed by atoms with Gasteiger partial charge in [-0.1, -0.05) is 6.92 Å². The number of hydrogen-bond acceptors (Lipinski definition) is 4. The van der Waals surface area contributed by atoms with Crippen LogP contribution in [0, 0.1) is 0 Å². The Morgan fingerprint density at radius 1 is 1.30 bits per heavy atom. The summed E-state index contributed by atoms with van der Waals surface area (Å²) in [5, 5.41) is 3.38. The van der Waals surface area contributed by atoms with Crippen LogP contribution < -0.4 is 5.32 Å². The number of halogens is 2. The molecule has 1 aliphatic rings. The number of rotatable bonds is 5. The van der Waals surface area contributed by atoms with Gasteiger partial charge in [-0.3, -0.25) is 0 Å². The molecule has 106 valence electrons. The first-order chi connectivity index (χ1) is 9.67. The van der Waals surface area contributed by atoms with E-state index in [1.54, 1.807) is 11.3 Å². The highest BCUT2D eigenvalue weighted by Gasteiger charge is 2.26. The highest BCUT2D eigenvalue weighted by Crippen LogP contribution is 2.42. The van der Waals surface area contributed by atoms with E-state index in [2.05, 4.69) is 61.2 Å². The fourth-order valence-corrected chi connectivity index (χ4v) is 3.93. The molecule has 0 saturated heterocycles. The van der Waals surface area contributed by atoms with Gasteiger partial charge in [-0.25, -0.2) is 9.97 Å². The third-order valence-corrected chi connectivity index (χ3v) is 6.42. The van der Waals surface area contributed by atoms with Crippen molar-refractivity contribution in [3.8, 4) is 10.7 Å². The third-order valence-electron chi connectivity index (χ3n) is 3.16. The molecule has 20 heavy (non-hydrogen) atoms. The number of nitrogens with zero attached hydrogens (tertiary/aromatic N) is 2. The second-order valence-electron chi connectivity index (χ2n) is 4.94. The lowest BCUT2D eigenvalue weighted by atomic mass is 10.2. The lowest BCUT2D eigenvalue weighted by molar-refractivity contribution is 0.949. The van der Waals surface area contributed by atoms with Crippen LogP contribution in [0.5, 0.6) is 0 Å².